The first kappa shape index (κ1) is 16.2. The largest absolute Gasteiger partial charge is 0.484 e. The third kappa shape index (κ3) is 4.38. The monoisotopic (exact) mass is 282 g/mol. The van der Waals surface area contributed by atoms with Gasteiger partial charge in [0.15, 0.2) is 5.75 Å². The fourth-order valence-electron chi connectivity index (χ4n) is 1.58. The Hall–Kier alpha value is -1.82. The van der Waals surface area contributed by atoms with Crippen LogP contribution in [0.5, 0.6) is 5.75 Å². The van der Waals surface area contributed by atoms with Crippen LogP contribution < -0.4 is 10.1 Å². The highest BCUT2D eigenvalue weighted by molar-refractivity contribution is 5.68. The summed E-state index contributed by atoms with van der Waals surface area (Å²) in [6, 6.07) is 4.99. The number of rotatable bonds is 7. The van der Waals surface area contributed by atoms with E-state index < -0.39 is 10.5 Å². The van der Waals surface area contributed by atoms with E-state index in [1.54, 1.807) is 25.3 Å². The Labute approximate surface area is 119 Å². The van der Waals surface area contributed by atoms with Crippen LogP contribution in [-0.2, 0) is 4.74 Å². The van der Waals surface area contributed by atoms with Gasteiger partial charge in [0.05, 0.1) is 16.6 Å². The van der Waals surface area contributed by atoms with Gasteiger partial charge in [-0.25, -0.2) is 0 Å². The Morgan fingerprint density at radius 2 is 2.05 bits per heavy atom. The zero-order valence-corrected chi connectivity index (χ0v) is 12.6. The Balaban J connectivity index is 3.04. The summed E-state index contributed by atoms with van der Waals surface area (Å²) < 4.78 is 10.8. The van der Waals surface area contributed by atoms with E-state index in [1.807, 2.05) is 27.7 Å². The molecule has 6 heteroatoms. The number of nitrogens with one attached hydrogen (secondary N) is 1. The molecule has 1 N–H and O–H groups in total. The van der Waals surface area contributed by atoms with Crippen molar-refractivity contribution in [1.29, 1.82) is 0 Å². The molecule has 20 heavy (non-hydrogen) atoms. The molecule has 0 aromatic heterocycles. The van der Waals surface area contributed by atoms with Crippen LogP contribution in [0.15, 0.2) is 18.2 Å². The zero-order valence-electron chi connectivity index (χ0n) is 12.6. The van der Waals surface area contributed by atoms with Gasteiger partial charge in [-0.3, -0.25) is 10.1 Å². The summed E-state index contributed by atoms with van der Waals surface area (Å²) in [5.41, 5.74) is -0.0330. The second kappa shape index (κ2) is 6.56. The lowest BCUT2D eigenvalue weighted by Crippen LogP contribution is -2.32. The van der Waals surface area contributed by atoms with Gasteiger partial charge in [0.2, 0.25) is 0 Å². The van der Waals surface area contributed by atoms with Gasteiger partial charge in [-0.05, 0) is 39.8 Å². The summed E-state index contributed by atoms with van der Waals surface area (Å²) >= 11 is 0. The van der Waals surface area contributed by atoms with Crippen molar-refractivity contribution in [3.05, 3.63) is 28.3 Å². The number of hydrogen-bond donors (Lipinski definition) is 1. The van der Waals surface area contributed by atoms with Gasteiger partial charge in [0, 0.05) is 13.7 Å². The number of benzene rings is 1. The molecule has 0 bridgehead atoms. The van der Waals surface area contributed by atoms with Crippen molar-refractivity contribution in [2.24, 2.45) is 0 Å². The highest BCUT2D eigenvalue weighted by atomic mass is 16.6. The van der Waals surface area contributed by atoms with Crippen LogP contribution in [0.2, 0.25) is 0 Å². The van der Waals surface area contributed by atoms with E-state index >= 15 is 0 Å². The maximum absolute atomic E-state index is 11.3. The minimum atomic E-state index is -0.431. The van der Waals surface area contributed by atoms with E-state index in [4.69, 9.17) is 9.47 Å². The van der Waals surface area contributed by atoms with Crippen molar-refractivity contribution in [2.75, 3.05) is 19.0 Å². The normalized spacial score (nSPS) is 11.5. The van der Waals surface area contributed by atoms with Gasteiger partial charge in [-0.2, -0.15) is 0 Å². The fraction of sp³-hybridized carbons (Fsp3) is 0.571. The smallest absolute Gasteiger partial charge is 0.333 e. The average molecular weight is 282 g/mol. The van der Waals surface area contributed by atoms with Gasteiger partial charge in [-0.15, -0.1) is 0 Å². The molecule has 0 atom stereocenters. The lowest BCUT2D eigenvalue weighted by Gasteiger charge is -2.24. The number of ether oxygens (including phenoxy) is 2. The van der Waals surface area contributed by atoms with E-state index in [-0.39, 0.29) is 17.5 Å². The summed E-state index contributed by atoms with van der Waals surface area (Å²) in [5.74, 6) is 0.269. The number of methoxy groups -OCH3 is 1. The molecular weight excluding hydrogens is 260 g/mol. The number of nitrogens with zero attached hydrogens (tertiary/aromatic N) is 1. The molecule has 6 nitrogen and oxygen atoms in total. The quantitative estimate of drug-likeness (QED) is 0.614. The molecule has 1 aromatic rings. The molecule has 0 amide bonds. The van der Waals surface area contributed by atoms with Crippen molar-refractivity contribution >= 4 is 11.4 Å². The summed E-state index contributed by atoms with van der Waals surface area (Å²) in [4.78, 5) is 10.8. The van der Waals surface area contributed by atoms with Gasteiger partial charge in [-0.1, -0.05) is 6.07 Å². The molecule has 0 aliphatic rings. The fourth-order valence-corrected chi connectivity index (χ4v) is 1.58. The number of hydrogen-bond acceptors (Lipinski definition) is 5. The van der Waals surface area contributed by atoms with Crippen molar-refractivity contribution in [3.63, 3.8) is 0 Å². The average Bonchev–Trinajstić information content (AvgIpc) is 2.35. The first-order valence-corrected chi connectivity index (χ1v) is 6.50. The summed E-state index contributed by atoms with van der Waals surface area (Å²) in [6.07, 6.45) is -0.126. The number of nitro groups is 1. The van der Waals surface area contributed by atoms with E-state index in [0.717, 1.165) is 0 Å². The molecule has 0 spiro atoms. The molecule has 0 radical (unpaired) electrons. The van der Waals surface area contributed by atoms with E-state index in [0.29, 0.717) is 12.2 Å². The molecule has 1 aromatic carbocycles. The molecule has 1 rings (SSSR count). The SMILES string of the molecule is COC(C)(C)CNc1cccc(OC(C)C)c1[N+](=O)[O-]. The Bertz CT molecular complexity index is 472. The van der Waals surface area contributed by atoms with Crippen LogP contribution in [0, 0.1) is 10.1 Å². The Kier molecular flexibility index (Phi) is 5.33. The Morgan fingerprint density at radius 3 is 2.55 bits per heavy atom. The van der Waals surface area contributed by atoms with Gasteiger partial charge < -0.3 is 14.8 Å². The van der Waals surface area contributed by atoms with E-state index in [1.165, 1.54) is 0 Å². The highest BCUT2D eigenvalue weighted by Crippen LogP contribution is 2.35. The predicted molar refractivity (Wildman–Crippen MR) is 78.4 cm³/mol. The van der Waals surface area contributed by atoms with Gasteiger partial charge >= 0.3 is 5.69 Å². The zero-order chi connectivity index (χ0) is 15.3. The summed E-state index contributed by atoms with van der Waals surface area (Å²) in [7, 11) is 1.61. The van der Waals surface area contributed by atoms with Crippen LogP contribution in [0.25, 0.3) is 0 Å². The topological polar surface area (TPSA) is 73.6 Å². The highest BCUT2D eigenvalue weighted by Gasteiger charge is 2.24. The van der Waals surface area contributed by atoms with Crippen LogP contribution >= 0.6 is 0 Å². The second-order valence-electron chi connectivity index (χ2n) is 5.39. The van der Waals surface area contributed by atoms with Crippen molar-refractivity contribution in [3.8, 4) is 5.75 Å². The third-order valence-corrected chi connectivity index (χ3v) is 2.80. The molecule has 0 saturated heterocycles. The standard InChI is InChI=1S/C14H22N2O4/c1-10(2)20-12-8-6-7-11(13(12)16(17)18)15-9-14(3,4)19-5/h6-8,10,15H,9H2,1-5H3. The van der Waals surface area contributed by atoms with Crippen molar-refractivity contribution in [1.82, 2.24) is 0 Å². The molecule has 0 saturated carbocycles. The first-order chi connectivity index (χ1) is 9.26. The molecular formula is C14H22N2O4. The minimum absolute atomic E-state index is 0.0481. The van der Waals surface area contributed by atoms with Crippen LogP contribution in [-0.4, -0.2) is 30.3 Å². The van der Waals surface area contributed by atoms with Gasteiger partial charge in [0.1, 0.15) is 5.69 Å². The minimum Gasteiger partial charge on any atom is -0.484 e. The van der Waals surface area contributed by atoms with E-state index in [9.17, 15) is 10.1 Å². The third-order valence-electron chi connectivity index (χ3n) is 2.80. The molecule has 0 aliphatic heterocycles. The van der Waals surface area contributed by atoms with Gasteiger partial charge in [0.25, 0.3) is 0 Å². The lowest BCUT2D eigenvalue weighted by molar-refractivity contribution is -0.385. The first-order valence-electron chi connectivity index (χ1n) is 6.50. The summed E-state index contributed by atoms with van der Waals surface area (Å²) in [6.45, 7) is 7.92. The number of anilines is 1. The number of nitro benzene ring substituents is 1. The second-order valence-corrected chi connectivity index (χ2v) is 5.39. The molecule has 112 valence electrons. The molecule has 0 fully saturated rings. The predicted octanol–water partition coefficient (Wildman–Crippen LogP) is 3.22. The van der Waals surface area contributed by atoms with Crippen LogP contribution in [0.1, 0.15) is 27.7 Å². The molecule has 0 heterocycles. The van der Waals surface area contributed by atoms with Crippen molar-refractivity contribution in [2.45, 2.75) is 39.4 Å². The Morgan fingerprint density at radius 1 is 1.40 bits per heavy atom. The summed E-state index contributed by atoms with van der Waals surface area (Å²) in [5, 5.41) is 14.3. The molecule has 0 aliphatic carbocycles. The maximum atomic E-state index is 11.3. The lowest BCUT2D eigenvalue weighted by atomic mass is 10.1. The van der Waals surface area contributed by atoms with Crippen LogP contribution in [0.3, 0.4) is 0 Å². The maximum Gasteiger partial charge on any atom is 0.333 e. The van der Waals surface area contributed by atoms with Crippen molar-refractivity contribution < 1.29 is 14.4 Å². The number of para-hydroxylation sites is 1. The van der Waals surface area contributed by atoms with E-state index in [2.05, 4.69) is 5.32 Å². The van der Waals surface area contributed by atoms with Crippen LogP contribution in [0.4, 0.5) is 11.4 Å². The molecule has 0 unspecified atom stereocenters.